The summed E-state index contributed by atoms with van der Waals surface area (Å²) < 4.78 is 20.9. The first-order valence-electron chi connectivity index (χ1n) is 6.80. The van der Waals surface area contributed by atoms with E-state index in [0.29, 0.717) is 17.1 Å². The summed E-state index contributed by atoms with van der Waals surface area (Å²) in [5.41, 5.74) is 1.09. The van der Waals surface area contributed by atoms with Gasteiger partial charge < -0.3 is 4.74 Å². The van der Waals surface area contributed by atoms with Crippen LogP contribution in [0.5, 0.6) is 5.75 Å². The Morgan fingerprint density at radius 3 is 2.74 bits per heavy atom. The number of aromatic amines is 1. The van der Waals surface area contributed by atoms with Crippen molar-refractivity contribution in [2.24, 2.45) is 5.10 Å². The van der Waals surface area contributed by atoms with E-state index in [4.69, 9.17) is 17.0 Å². The smallest absolute Gasteiger partial charge is 0.216 e. The van der Waals surface area contributed by atoms with E-state index < -0.39 is 5.82 Å². The average Bonchev–Trinajstić information content (AvgIpc) is 2.94. The number of methoxy groups -OCH3 is 1. The van der Waals surface area contributed by atoms with Crippen LogP contribution in [-0.4, -0.2) is 28.2 Å². The number of benzene rings is 2. The van der Waals surface area contributed by atoms with E-state index in [1.54, 1.807) is 31.5 Å². The van der Waals surface area contributed by atoms with E-state index in [1.807, 2.05) is 24.3 Å². The quantitative estimate of drug-likeness (QED) is 0.588. The van der Waals surface area contributed by atoms with Gasteiger partial charge in [-0.2, -0.15) is 14.9 Å². The van der Waals surface area contributed by atoms with Crippen molar-refractivity contribution in [2.45, 2.75) is 0 Å². The maximum Gasteiger partial charge on any atom is 0.216 e. The zero-order valence-electron chi connectivity index (χ0n) is 12.2. The second kappa shape index (κ2) is 6.53. The van der Waals surface area contributed by atoms with Gasteiger partial charge in [0, 0.05) is 5.56 Å². The maximum absolute atomic E-state index is 14.0. The van der Waals surface area contributed by atoms with E-state index in [9.17, 15) is 4.39 Å². The van der Waals surface area contributed by atoms with Crippen molar-refractivity contribution in [3.05, 3.63) is 64.7 Å². The zero-order chi connectivity index (χ0) is 16.2. The van der Waals surface area contributed by atoms with Gasteiger partial charge in [-0.3, -0.25) is 0 Å². The van der Waals surface area contributed by atoms with E-state index >= 15 is 0 Å². The van der Waals surface area contributed by atoms with Crippen LogP contribution < -0.4 is 4.74 Å². The molecule has 0 aliphatic rings. The molecule has 0 spiro atoms. The van der Waals surface area contributed by atoms with Gasteiger partial charge in [0.15, 0.2) is 5.82 Å². The molecule has 1 N–H and O–H groups in total. The molecule has 23 heavy (non-hydrogen) atoms. The van der Waals surface area contributed by atoms with E-state index in [0.717, 1.165) is 5.56 Å². The van der Waals surface area contributed by atoms with Gasteiger partial charge in [-0.25, -0.2) is 9.49 Å². The Morgan fingerprint density at radius 2 is 1.96 bits per heavy atom. The molecule has 5 nitrogen and oxygen atoms in total. The number of aromatic nitrogens is 3. The third-order valence-electron chi connectivity index (χ3n) is 3.22. The van der Waals surface area contributed by atoms with Gasteiger partial charge in [0.2, 0.25) is 4.77 Å². The molecule has 0 unspecified atom stereocenters. The lowest BCUT2D eigenvalue weighted by Gasteiger charge is -2.04. The molecule has 0 saturated heterocycles. The number of hydrogen-bond acceptors (Lipinski definition) is 4. The number of nitrogens with one attached hydrogen (secondary N) is 1. The van der Waals surface area contributed by atoms with Crippen molar-refractivity contribution in [3.63, 3.8) is 0 Å². The van der Waals surface area contributed by atoms with Crippen molar-refractivity contribution in [2.75, 3.05) is 7.11 Å². The molecule has 3 rings (SSSR count). The Kier molecular flexibility index (Phi) is 4.29. The summed E-state index contributed by atoms with van der Waals surface area (Å²) in [4.78, 5) is 0. The summed E-state index contributed by atoms with van der Waals surface area (Å²) in [5, 5.41) is 11.0. The van der Waals surface area contributed by atoms with Crippen LogP contribution in [0.4, 0.5) is 4.39 Å². The zero-order valence-corrected chi connectivity index (χ0v) is 13.0. The Labute approximate surface area is 137 Å². The topological polar surface area (TPSA) is 55.2 Å². The van der Waals surface area contributed by atoms with Crippen molar-refractivity contribution < 1.29 is 9.13 Å². The highest BCUT2D eigenvalue weighted by Gasteiger charge is 2.12. The van der Waals surface area contributed by atoms with Crippen LogP contribution in [0.15, 0.2) is 53.6 Å². The van der Waals surface area contributed by atoms with Gasteiger partial charge in [0.1, 0.15) is 11.6 Å². The summed E-state index contributed by atoms with van der Waals surface area (Å²) in [5.74, 6) is 0.591. The fraction of sp³-hybridized carbons (Fsp3) is 0.0625. The molecule has 0 bridgehead atoms. The summed E-state index contributed by atoms with van der Waals surface area (Å²) >= 11 is 5.17. The molecular formula is C16H13FN4OS. The highest BCUT2D eigenvalue weighted by molar-refractivity contribution is 7.71. The number of para-hydroxylation sites is 1. The number of H-pyrrole nitrogens is 1. The first kappa shape index (κ1) is 15.1. The monoisotopic (exact) mass is 328 g/mol. The molecular weight excluding hydrogens is 315 g/mol. The molecule has 7 heteroatoms. The number of halogens is 1. The highest BCUT2D eigenvalue weighted by Crippen LogP contribution is 2.21. The summed E-state index contributed by atoms with van der Waals surface area (Å²) in [6.07, 6.45) is 1.59. The van der Waals surface area contributed by atoms with Crippen molar-refractivity contribution in [3.8, 4) is 17.1 Å². The first-order valence-corrected chi connectivity index (χ1v) is 7.21. The SMILES string of the molecule is COc1ccccc1/C=N/n1c(-c2ccccc2F)n[nH]c1=S. The molecule has 0 radical (unpaired) electrons. The van der Waals surface area contributed by atoms with Crippen LogP contribution in [0, 0.1) is 10.6 Å². The molecule has 1 aromatic heterocycles. The Balaban J connectivity index is 2.05. The fourth-order valence-corrected chi connectivity index (χ4v) is 2.29. The molecule has 0 amide bonds. The van der Waals surface area contributed by atoms with Crippen LogP contribution >= 0.6 is 12.2 Å². The van der Waals surface area contributed by atoms with Gasteiger partial charge in [0.05, 0.1) is 18.9 Å². The maximum atomic E-state index is 14.0. The fourth-order valence-electron chi connectivity index (χ4n) is 2.11. The molecule has 0 aliphatic carbocycles. The second-order valence-electron chi connectivity index (χ2n) is 4.63. The normalized spacial score (nSPS) is 11.0. The minimum Gasteiger partial charge on any atom is -0.496 e. The standard InChI is InChI=1S/C16H13FN4OS/c1-22-14-9-5-2-6-11(14)10-18-21-15(19-20-16(21)23)12-7-3-4-8-13(12)17/h2-10H,1H3,(H,20,23)/b18-10+. The van der Waals surface area contributed by atoms with Gasteiger partial charge in [-0.1, -0.05) is 24.3 Å². The van der Waals surface area contributed by atoms with Crippen LogP contribution in [0.3, 0.4) is 0 Å². The van der Waals surface area contributed by atoms with Crippen molar-refractivity contribution in [1.82, 2.24) is 14.9 Å². The predicted octanol–water partition coefficient (Wildman–Crippen LogP) is 3.64. The first-order chi connectivity index (χ1) is 11.2. The van der Waals surface area contributed by atoms with Crippen LogP contribution in [0.1, 0.15) is 5.56 Å². The second-order valence-corrected chi connectivity index (χ2v) is 5.02. The van der Waals surface area contributed by atoms with Gasteiger partial charge in [-0.15, -0.1) is 0 Å². The minimum absolute atomic E-state index is 0.273. The van der Waals surface area contributed by atoms with Crippen molar-refractivity contribution >= 4 is 18.4 Å². The molecule has 0 atom stereocenters. The average molecular weight is 328 g/mol. The number of hydrogen-bond donors (Lipinski definition) is 1. The third kappa shape index (κ3) is 3.04. The summed E-state index contributed by atoms with van der Waals surface area (Å²) in [6.45, 7) is 0. The van der Waals surface area contributed by atoms with Crippen molar-refractivity contribution in [1.29, 1.82) is 0 Å². The van der Waals surface area contributed by atoms with Gasteiger partial charge in [0.25, 0.3) is 0 Å². The van der Waals surface area contributed by atoms with E-state index in [1.165, 1.54) is 10.7 Å². The van der Waals surface area contributed by atoms with E-state index in [-0.39, 0.29) is 4.77 Å². The largest absolute Gasteiger partial charge is 0.496 e. The Morgan fingerprint density at radius 1 is 1.22 bits per heavy atom. The third-order valence-corrected chi connectivity index (χ3v) is 3.48. The number of ether oxygens (including phenoxy) is 1. The van der Waals surface area contributed by atoms with Crippen LogP contribution in [0.25, 0.3) is 11.4 Å². The lowest BCUT2D eigenvalue weighted by Crippen LogP contribution is -1.97. The molecule has 0 fully saturated rings. The molecule has 2 aromatic carbocycles. The molecule has 0 saturated carbocycles. The summed E-state index contributed by atoms with van der Waals surface area (Å²) in [6, 6.07) is 13.7. The molecule has 1 heterocycles. The van der Waals surface area contributed by atoms with E-state index in [2.05, 4.69) is 15.3 Å². The van der Waals surface area contributed by atoms with Crippen LogP contribution in [0.2, 0.25) is 0 Å². The lowest BCUT2D eigenvalue weighted by atomic mass is 10.2. The lowest BCUT2D eigenvalue weighted by molar-refractivity contribution is 0.414. The van der Waals surface area contributed by atoms with Gasteiger partial charge >= 0.3 is 0 Å². The molecule has 116 valence electrons. The Hall–Kier alpha value is -2.80. The summed E-state index contributed by atoms with van der Waals surface area (Å²) in [7, 11) is 1.58. The predicted molar refractivity (Wildman–Crippen MR) is 88.8 cm³/mol. The Bertz CT molecular complexity index is 916. The number of nitrogens with zero attached hydrogens (tertiary/aromatic N) is 3. The number of rotatable bonds is 4. The molecule has 3 aromatic rings. The molecule has 0 aliphatic heterocycles. The van der Waals surface area contributed by atoms with Crippen LogP contribution in [-0.2, 0) is 0 Å². The van der Waals surface area contributed by atoms with Gasteiger partial charge in [-0.05, 0) is 36.5 Å². The minimum atomic E-state index is -0.393. The highest BCUT2D eigenvalue weighted by atomic mass is 32.1.